The maximum atomic E-state index is 9.58. The first-order chi connectivity index (χ1) is 6.63. The van der Waals surface area contributed by atoms with Gasteiger partial charge >= 0.3 is 0 Å². The third-order valence-corrected chi connectivity index (χ3v) is 2.07. The molecule has 0 aliphatic carbocycles. The van der Waals surface area contributed by atoms with Gasteiger partial charge in [-0.3, -0.25) is 0 Å². The first kappa shape index (κ1) is 10.6. The van der Waals surface area contributed by atoms with Crippen LogP contribution < -0.4 is 0 Å². The van der Waals surface area contributed by atoms with Crippen LogP contribution in [0.4, 0.5) is 0 Å². The standard InChI is InChI=1S/C13H16O/c1-4-11-6-8-13(14)12(9-11)7-5-10(2)3/h4-6,8-9,14H,1,7H2,2-3H3. The number of benzene rings is 1. The number of phenols is 1. The van der Waals surface area contributed by atoms with Crippen molar-refractivity contribution in [2.24, 2.45) is 0 Å². The highest BCUT2D eigenvalue weighted by Crippen LogP contribution is 2.20. The molecule has 1 rings (SSSR count). The van der Waals surface area contributed by atoms with Crippen molar-refractivity contribution in [2.45, 2.75) is 20.3 Å². The van der Waals surface area contributed by atoms with Gasteiger partial charge in [0, 0.05) is 0 Å². The SMILES string of the molecule is C=Cc1ccc(O)c(CC=C(C)C)c1. The Bertz CT molecular complexity index is 357. The maximum absolute atomic E-state index is 9.58. The van der Waals surface area contributed by atoms with Crippen molar-refractivity contribution in [3.05, 3.63) is 47.6 Å². The Morgan fingerprint density at radius 2 is 2.14 bits per heavy atom. The molecule has 0 amide bonds. The zero-order valence-corrected chi connectivity index (χ0v) is 8.75. The molecule has 0 unspecified atom stereocenters. The van der Waals surface area contributed by atoms with E-state index in [1.807, 2.05) is 12.1 Å². The number of allylic oxidation sites excluding steroid dienone is 2. The second-order valence-electron chi connectivity index (χ2n) is 3.58. The van der Waals surface area contributed by atoms with E-state index in [4.69, 9.17) is 0 Å². The van der Waals surface area contributed by atoms with Gasteiger partial charge in [-0.05, 0) is 43.5 Å². The Labute approximate surface area is 85.4 Å². The summed E-state index contributed by atoms with van der Waals surface area (Å²) in [6.07, 6.45) is 4.66. The monoisotopic (exact) mass is 188 g/mol. The fraction of sp³-hybridized carbons (Fsp3) is 0.231. The summed E-state index contributed by atoms with van der Waals surface area (Å²) in [6, 6.07) is 5.53. The number of hydrogen-bond donors (Lipinski definition) is 1. The normalized spacial score (nSPS) is 9.57. The molecule has 0 fully saturated rings. The molecule has 0 aliphatic rings. The molecule has 74 valence electrons. The van der Waals surface area contributed by atoms with Gasteiger partial charge in [-0.2, -0.15) is 0 Å². The second-order valence-corrected chi connectivity index (χ2v) is 3.58. The fourth-order valence-corrected chi connectivity index (χ4v) is 1.21. The second kappa shape index (κ2) is 4.66. The Morgan fingerprint density at radius 1 is 1.43 bits per heavy atom. The highest BCUT2D eigenvalue weighted by atomic mass is 16.3. The Kier molecular flexibility index (Phi) is 3.52. The predicted molar refractivity (Wildman–Crippen MR) is 61.3 cm³/mol. The first-order valence-electron chi connectivity index (χ1n) is 4.71. The van der Waals surface area contributed by atoms with Gasteiger partial charge in [0.2, 0.25) is 0 Å². The summed E-state index contributed by atoms with van der Waals surface area (Å²) in [4.78, 5) is 0. The van der Waals surface area contributed by atoms with Crippen molar-refractivity contribution in [1.82, 2.24) is 0 Å². The van der Waals surface area contributed by atoms with Crippen molar-refractivity contribution < 1.29 is 5.11 Å². The third kappa shape index (κ3) is 2.77. The van der Waals surface area contributed by atoms with Crippen LogP contribution in [0.1, 0.15) is 25.0 Å². The van der Waals surface area contributed by atoms with Crippen molar-refractivity contribution in [3.8, 4) is 5.75 Å². The van der Waals surface area contributed by atoms with Crippen molar-refractivity contribution in [1.29, 1.82) is 0 Å². The molecule has 0 heterocycles. The lowest BCUT2D eigenvalue weighted by Crippen LogP contribution is -1.84. The minimum atomic E-state index is 0.355. The fourth-order valence-electron chi connectivity index (χ4n) is 1.21. The summed E-state index contributed by atoms with van der Waals surface area (Å²) in [5.41, 5.74) is 3.25. The van der Waals surface area contributed by atoms with E-state index in [9.17, 15) is 5.11 Å². The van der Waals surface area contributed by atoms with E-state index >= 15 is 0 Å². The van der Waals surface area contributed by atoms with Gasteiger partial charge in [-0.25, -0.2) is 0 Å². The van der Waals surface area contributed by atoms with Gasteiger partial charge in [0.05, 0.1) is 0 Å². The summed E-state index contributed by atoms with van der Waals surface area (Å²) in [6.45, 7) is 7.80. The zero-order chi connectivity index (χ0) is 10.6. The Balaban J connectivity index is 2.95. The van der Waals surface area contributed by atoms with Crippen molar-refractivity contribution >= 4 is 6.08 Å². The zero-order valence-electron chi connectivity index (χ0n) is 8.75. The van der Waals surface area contributed by atoms with Crippen LogP contribution in [-0.2, 0) is 6.42 Å². The summed E-state index contributed by atoms with van der Waals surface area (Å²) in [7, 11) is 0. The predicted octanol–water partition coefficient (Wildman–Crippen LogP) is 3.54. The minimum absolute atomic E-state index is 0.355. The molecule has 1 N–H and O–H groups in total. The molecule has 0 saturated heterocycles. The van der Waals surface area contributed by atoms with Crippen molar-refractivity contribution in [2.75, 3.05) is 0 Å². The smallest absolute Gasteiger partial charge is 0.119 e. The van der Waals surface area contributed by atoms with Crippen LogP contribution in [0.5, 0.6) is 5.75 Å². The molecule has 0 atom stereocenters. The largest absolute Gasteiger partial charge is 0.508 e. The van der Waals surface area contributed by atoms with E-state index in [-0.39, 0.29) is 0 Å². The molecule has 0 spiro atoms. The van der Waals surface area contributed by atoms with Crippen LogP contribution in [0.15, 0.2) is 36.4 Å². The lowest BCUT2D eigenvalue weighted by Gasteiger charge is -2.03. The molecule has 0 saturated carbocycles. The quantitative estimate of drug-likeness (QED) is 0.719. The van der Waals surface area contributed by atoms with E-state index in [1.54, 1.807) is 12.1 Å². The first-order valence-corrected chi connectivity index (χ1v) is 4.71. The van der Waals surface area contributed by atoms with Crippen LogP contribution in [0.25, 0.3) is 6.08 Å². The molecule has 0 radical (unpaired) electrons. The number of rotatable bonds is 3. The molecule has 0 aromatic heterocycles. The lowest BCUT2D eigenvalue weighted by molar-refractivity contribution is 0.469. The summed E-state index contributed by atoms with van der Waals surface area (Å²) >= 11 is 0. The molecule has 1 heteroatoms. The minimum Gasteiger partial charge on any atom is -0.508 e. The average Bonchev–Trinajstić information content (AvgIpc) is 2.16. The number of aromatic hydroxyl groups is 1. The molecule has 0 aliphatic heterocycles. The van der Waals surface area contributed by atoms with Gasteiger partial charge in [0.15, 0.2) is 0 Å². The summed E-state index contributed by atoms with van der Waals surface area (Å²) < 4.78 is 0. The highest BCUT2D eigenvalue weighted by molar-refractivity contribution is 5.51. The van der Waals surface area contributed by atoms with Gasteiger partial charge in [0.25, 0.3) is 0 Å². The number of hydrogen-bond acceptors (Lipinski definition) is 1. The van der Waals surface area contributed by atoms with Gasteiger partial charge in [-0.15, -0.1) is 0 Å². The molecule has 1 aromatic carbocycles. The van der Waals surface area contributed by atoms with Crippen LogP contribution in [0, 0.1) is 0 Å². The molecule has 1 aromatic rings. The molecular weight excluding hydrogens is 172 g/mol. The third-order valence-electron chi connectivity index (χ3n) is 2.07. The van der Waals surface area contributed by atoms with Crippen molar-refractivity contribution in [3.63, 3.8) is 0 Å². The van der Waals surface area contributed by atoms with E-state index in [1.165, 1.54) is 5.57 Å². The maximum Gasteiger partial charge on any atom is 0.119 e. The van der Waals surface area contributed by atoms with Crippen LogP contribution in [0.3, 0.4) is 0 Å². The number of phenolic OH excluding ortho intramolecular Hbond substituents is 1. The van der Waals surface area contributed by atoms with E-state index in [0.29, 0.717) is 5.75 Å². The molecule has 1 nitrogen and oxygen atoms in total. The van der Waals surface area contributed by atoms with Crippen LogP contribution in [0.2, 0.25) is 0 Å². The Hall–Kier alpha value is -1.50. The van der Waals surface area contributed by atoms with Gasteiger partial charge < -0.3 is 5.11 Å². The molecular formula is C13H16O. The van der Waals surface area contributed by atoms with Gasteiger partial charge in [0.1, 0.15) is 5.75 Å². The molecule has 0 bridgehead atoms. The van der Waals surface area contributed by atoms with E-state index in [2.05, 4.69) is 26.5 Å². The van der Waals surface area contributed by atoms with E-state index < -0.39 is 0 Å². The highest BCUT2D eigenvalue weighted by Gasteiger charge is 1.99. The van der Waals surface area contributed by atoms with Gasteiger partial charge in [-0.1, -0.05) is 30.4 Å². The molecule has 14 heavy (non-hydrogen) atoms. The van der Waals surface area contributed by atoms with Crippen LogP contribution in [-0.4, -0.2) is 5.11 Å². The summed E-state index contributed by atoms with van der Waals surface area (Å²) in [5.74, 6) is 0.355. The lowest BCUT2D eigenvalue weighted by atomic mass is 10.1. The van der Waals surface area contributed by atoms with E-state index in [0.717, 1.165) is 17.5 Å². The summed E-state index contributed by atoms with van der Waals surface area (Å²) in [5, 5.41) is 9.58. The topological polar surface area (TPSA) is 20.2 Å². The van der Waals surface area contributed by atoms with Crippen LogP contribution >= 0.6 is 0 Å². The Morgan fingerprint density at radius 3 is 2.71 bits per heavy atom. The average molecular weight is 188 g/mol.